The van der Waals surface area contributed by atoms with Gasteiger partial charge in [-0.2, -0.15) is 16.7 Å². The number of aryl methyl sites for hydroxylation is 1. The van der Waals surface area contributed by atoms with Crippen molar-refractivity contribution < 1.29 is 14.0 Å². The van der Waals surface area contributed by atoms with Crippen LogP contribution in [0.1, 0.15) is 17.4 Å². The summed E-state index contributed by atoms with van der Waals surface area (Å²) in [4.78, 5) is 4.31. The van der Waals surface area contributed by atoms with E-state index in [1.165, 1.54) is 6.07 Å². The van der Waals surface area contributed by atoms with Gasteiger partial charge in [0.05, 0.1) is 12.0 Å². The molecule has 2 unspecified atom stereocenters. The van der Waals surface area contributed by atoms with E-state index >= 15 is 0 Å². The van der Waals surface area contributed by atoms with Crippen molar-refractivity contribution in [1.82, 2.24) is 10.1 Å². The molecule has 6 heteroatoms. The molecule has 4 nitrogen and oxygen atoms in total. The van der Waals surface area contributed by atoms with Crippen molar-refractivity contribution in [2.45, 2.75) is 18.9 Å². The first-order valence-electron chi connectivity index (χ1n) is 6.01. The molecule has 19 heavy (non-hydrogen) atoms. The fourth-order valence-corrected chi connectivity index (χ4v) is 3.29. The predicted octanol–water partition coefficient (Wildman–Crippen LogP) is 2.38. The van der Waals surface area contributed by atoms with E-state index in [4.69, 9.17) is 4.52 Å². The minimum Gasteiger partial charge on any atom is -0.391 e. The van der Waals surface area contributed by atoms with E-state index in [9.17, 15) is 9.50 Å². The van der Waals surface area contributed by atoms with Crippen molar-refractivity contribution in [2.24, 2.45) is 0 Å². The molecule has 0 aliphatic carbocycles. The lowest BCUT2D eigenvalue weighted by Gasteiger charge is -2.06. The van der Waals surface area contributed by atoms with E-state index in [1.807, 2.05) is 0 Å². The first-order chi connectivity index (χ1) is 9.15. The lowest BCUT2D eigenvalue weighted by Crippen LogP contribution is -2.15. The molecule has 100 valence electrons. The molecular weight excluding hydrogens is 267 g/mol. The highest BCUT2D eigenvalue weighted by molar-refractivity contribution is 7.99. The highest BCUT2D eigenvalue weighted by Crippen LogP contribution is 2.32. The van der Waals surface area contributed by atoms with Gasteiger partial charge >= 0.3 is 0 Å². The molecule has 0 bridgehead atoms. The first-order valence-corrected chi connectivity index (χ1v) is 7.16. The molecule has 1 aliphatic heterocycles. The third-order valence-corrected chi connectivity index (χ3v) is 4.40. The molecular formula is C13H13FN2O2S. The number of thioether (sulfide) groups is 1. The van der Waals surface area contributed by atoms with Gasteiger partial charge in [0.25, 0.3) is 0 Å². The Kier molecular flexibility index (Phi) is 3.28. The number of aliphatic hydroxyl groups is 1. The van der Waals surface area contributed by atoms with Gasteiger partial charge in [0.2, 0.25) is 11.7 Å². The summed E-state index contributed by atoms with van der Waals surface area (Å²) >= 11 is 1.67. The second kappa shape index (κ2) is 4.94. The average molecular weight is 280 g/mol. The smallest absolute Gasteiger partial charge is 0.233 e. The Morgan fingerprint density at radius 2 is 2.26 bits per heavy atom. The van der Waals surface area contributed by atoms with E-state index in [0.29, 0.717) is 28.6 Å². The first kappa shape index (κ1) is 12.6. The van der Waals surface area contributed by atoms with Crippen molar-refractivity contribution in [3.8, 4) is 11.4 Å². The van der Waals surface area contributed by atoms with Crippen LogP contribution in [0.15, 0.2) is 22.7 Å². The molecule has 3 rings (SSSR count). The van der Waals surface area contributed by atoms with Crippen LogP contribution in [-0.2, 0) is 0 Å². The highest BCUT2D eigenvalue weighted by Gasteiger charge is 2.32. The maximum atomic E-state index is 13.2. The van der Waals surface area contributed by atoms with E-state index in [-0.39, 0.29) is 11.7 Å². The fourth-order valence-electron chi connectivity index (χ4n) is 2.07. The molecule has 0 saturated carbocycles. The van der Waals surface area contributed by atoms with Crippen molar-refractivity contribution in [3.05, 3.63) is 35.5 Å². The Hall–Kier alpha value is -1.40. The number of aromatic nitrogens is 2. The molecule has 1 fully saturated rings. The van der Waals surface area contributed by atoms with E-state index in [2.05, 4.69) is 10.1 Å². The third-order valence-electron chi connectivity index (χ3n) is 3.23. The fraction of sp³-hybridized carbons (Fsp3) is 0.385. The van der Waals surface area contributed by atoms with Gasteiger partial charge in [-0.25, -0.2) is 4.39 Å². The zero-order chi connectivity index (χ0) is 13.4. The summed E-state index contributed by atoms with van der Waals surface area (Å²) in [5.74, 6) is 2.00. The summed E-state index contributed by atoms with van der Waals surface area (Å²) in [6.45, 7) is 1.69. The van der Waals surface area contributed by atoms with Crippen LogP contribution < -0.4 is 0 Å². The molecule has 0 spiro atoms. The van der Waals surface area contributed by atoms with Crippen LogP contribution in [-0.4, -0.2) is 32.9 Å². The van der Waals surface area contributed by atoms with Crippen molar-refractivity contribution in [1.29, 1.82) is 0 Å². The summed E-state index contributed by atoms with van der Waals surface area (Å²) in [6, 6.07) is 4.70. The molecule has 2 atom stereocenters. The number of hydrogen-bond donors (Lipinski definition) is 1. The van der Waals surface area contributed by atoms with Gasteiger partial charge in [-0.15, -0.1) is 0 Å². The summed E-state index contributed by atoms with van der Waals surface area (Å²) in [6.07, 6.45) is -0.437. The van der Waals surface area contributed by atoms with E-state index in [0.717, 1.165) is 5.75 Å². The Morgan fingerprint density at radius 3 is 2.95 bits per heavy atom. The number of hydrogen-bond acceptors (Lipinski definition) is 5. The quantitative estimate of drug-likeness (QED) is 0.915. The molecule has 1 aliphatic rings. The van der Waals surface area contributed by atoms with Gasteiger partial charge in [0.1, 0.15) is 5.82 Å². The van der Waals surface area contributed by atoms with Crippen LogP contribution in [0.2, 0.25) is 0 Å². The average Bonchev–Trinajstić information content (AvgIpc) is 3.01. The summed E-state index contributed by atoms with van der Waals surface area (Å²) in [5, 5.41) is 13.7. The number of nitrogens with zero attached hydrogens (tertiary/aromatic N) is 2. The normalized spacial score (nSPS) is 22.9. The van der Waals surface area contributed by atoms with Gasteiger partial charge in [0, 0.05) is 17.1 Å². The SMILES string of the molecule is Cc1cc(-c2noc(C3CSCC3O)n2)ccc1F. The molecule has 1 saturated heterocycles. The second-order valence-corrected chi connectivity index (χ2v) is 5.71. The lowest BCUT2D eigenvalue weighted by molar-refractivity contribution is 0.164. The van der Waals surface area contributed by atoms with Gasteiger partial charge in [0.15, 0.2) is 0 Å². The second-order valence-electron chi connectivity index (χ2n) is 4.63. The van der Waals surface area contributed by atoms with E-state index < -0.39 is 6.10 Å². The van der Waals surface area contributed by atoms with Gasteiger partial charge in [-0.1, -0.05) is 5.16 Å². The number of benzene rings is 1. The zero-order valence-corrected chi connectivity index (χ0v) is 11.2. The molecule has 1 aromatic carbocycles. The minimum atomic E-state index is -0.437. The molecule has 0 amide bonds. The summed E-state index contributed by atoms with van der Waals surface area (Å²) in [7, 11) is 0. The molecule has 1 aromatic heterocycles. The topological polar surface area (TPSA) is 59.2 Å². The van der Waals surface area contributed by atoms with Crippen molar-refractivity contribution in [3.63, 3.8) is 0 Å². The molecule has 0 radical (unpaired) electrons. The lowest BCUT2D eigenvalue weighted by atomic mass is 10.1. The Balaban J connectivity index is 1.90. The van der Waals surface area contributed by atoms with E-state index in [1.54, 1.807) is 30.8 Å². The molecule has 2 heterocycles. The maximum absolute atomic E-state index is 13.2. The van der Waals surface area contributed by atoms with Gasteiger partial charge in [-0.05, 0) is 30.7 Å². The Morgan fingerprint density at radius 1 is 1.42 bits per heavy atom. The zero-order valence-electron chi connectivity index (χ0n) is 10.3. The minimum absolute atomic E-state index is 0.104. The number of aliphatic hydroxyl groups excluding tert-OH is 1. The predicted molar refractivity (Wildman–Crippen MR) is 70.5 cm³/mol. The number of halogens is 1. The van der Waals surface area contributed by atoms with Crippen LogP contribution in [0.5, 0.6) is 0 Å². The van der Waals surface area contributed by atoms with Crippen LogP contribution in [0.3, 0.4) is 0 Å². The summed E-state index contributed by atoms with van der Waals surface area (Å²) < 4.78 is 18.4. The number of rotatable bonds is 2. The van der Waals surface area contributed by atoms with Crippen LogP contribution >= 0.6 is 11.8 Å². The van der Waals surface area contributed by atoms with Crippen molar-refractivity contribution >= 4 is 11.8 Å². The Labute approximate surface area is 114 Å². The molecule has 1 N–H and O–H groups in total. The largest absolute Gasteiger partial charge is 0.391 e. The van der Waals surface area contributed by atoms with Crippen molar-refractivity contribution in [2.75, 3.05) is 11.5 Å². The van der Waals surface area contributed by atoms with Gasteiger partial charge < -0.3 is 9.63 Å². The summed E-state index contributed by atoms with van der Waals surface area (Å²) in [5.41, 5.74) is 1.26. The standard InChI is InChI=1S/C13H13FN2O2S/c1-7-4-8(2-3-10(7)14)12-15-13(18-16-12)9-5-19-6-11(9)17/h2-4,9,11,17H,5-6H2,1H3. The van der Waals surface area contributed by atoms with Crippen LogP contribution in [0.4, 0.5) is 4.39 Å². The van der Waals surface area contributed by atoms with Crippen LogP contribution in [0, 0.1) is 12.7 Å². The van der Waals surface area contributed by atoms with Gasteiger partial charge in [-0.3, -0.25) is 0 Å². The monoisotopic (exact) mass is 280 g/mol. The Bertz CT molecular complexity index is 602. The molecule has 2 aromatic rings. The third kappa shape index (κ3) is 2.37. The maximum Gasteiger partial charge on any atom is 0.233 e. The highest BCUT2D eigenvalue weighted by atomic mass is 32.2. The van der Waals surface area contributed by atoms with Crippen LogP contribution in [0.25, 0.3) is 11.4 Å².